The molecule has 2 aromatic carbocycles. The fourth-order valence-corrected chi connectivity index (χ4v) is 4.37. The van der Waals surface area contributed by atoms with Crippen LogP contribution < -0.4 is 5.32 Å². The minimum Gasteiger partial charge on any atom is -0.323 e. The average molecular weight is 410 g/mol. The van der Waals surface area contributed by atoms with Crippen LogP contribution in [0.25, 0.3) is 21.7 Å². The molecule has 2 aromatic heterocycles. The number of rotatable bonds is 5. The third-order valence-corrected chi connectivity index (χ3v) is 5.90. The number of fused-ring (bicyclic) bond motifs is 1. The zero-order valence-electron chi connectivity index (χ0n) is 15.7. The summed E-state index contributed by atoms with van der Waals surface area (Å²) in [6, 6.07) is 17.4. The summed E-state index contributed by atoms with van der Waals surface area (Å²) >= 11 is 7.45. The molecule has 142 valence electrons. The van der Waals surface area contributed by atoms with E-state index in [1.807, 2.05) is 49.4 Å². The highest BCUT2D eigenvalue weighted by molar-refractivity contribution is 7.17. The Hall–Kier alpha value is -2.63. The Balaban J connectivity index is 1.65. The summed E-state index contributed by atoms with van der Waals surface area (Å²) in [6.45, 7) is 4.97. The molecule has 0 spiro atoms. The first-order valence-electron chi connectivity index (χ1n) is 9.20. The summed E-state index contributed by atoms with van der Waals surface area (Å²) in [5, 5.41) is 3.63. The maximum Gasteiger partial charge on any atom is 0.265 e. The first-order chi connectivity index (χ1) is 13.6. The van der Waals surface area contributed by atoms with Crippen molar-refractivity contribution in [3.63, 3.8) is 0 Å². The largest absolute Gasteiger partial charge is 0.323 e. The second kappa shape index (κ2) is 7.78. The number of carbonyl (C=O) groups excluding carboxylic acids is 1. The Morgan fingerprint density at radius 1 is 1.18 bits per heavy atom. The second-order valence-corrected chi connectivity index (χ2v) is 8.17. The van der Waals surface area contributed by atoms with Gasteiger partial charge in [-0.1, -0.05) is 30.7 Å². The van der Waals surface area contributed by atoms with Gasteiger partial charge in [0.05, 0.1) is 20.8 Å². The molecule has 4 aromatic rings. The van der Waals surface area contributed by atoms with Gasteiger partial charge < -0.3 is 9.88 Å². The summed E-state index contributed by atoms with van der Waals surface area (Å²) in [5.74, 6) is 0.787. The Kier molecular flexibility index (Phi) is 5.20. The molecule has 4 nitrogen and oxygen atoms in total. The molecule has 0 aliphatic rings. The van der Waals surface area contributed by atoms with Crippen LogP contribution in [-0.4, -0.2) is 15.5 Å². The van der Waals surface area contributed by atoms with E-state index in [1.54, 1.807) is 6.07 Å². The smallest absolute Gasteiger partial charge is 0.265 e. The molecular weight excluding hydrogens is 390 g/mol. The fraction of sp³-hybridized carbons (Fsp3) is 0.182. The lowest BCUT2D eigenvalue weighted by Crippen LogP contribution is -2.10. The minimum absolute atomic E-state index is 0.125. The number of hydrogen-bond donors (Lipinski definition) is 1. The summed E-state index contributed by atoms with van der Waals surface area (Å²) in [5.41, 5.74) is 3.79. The molecular formula is C22H20ClN3OS. The van der Waals surface area contributed by atoms with E-state index in [-0.39, 0.29) is 5.91 Å². The summed E-state index contributed by atoms with van der Waals surface area (Å²) in [7, 11) is 0. The van der Waals surface area contributed by atoms with Crippen molar-refractivity contribution >= 4 is 45.6 Å². The number of hydrogen-bond acceptors (Lipinski definition) is 3. The molecule has 0 unspecified atom stereocenters. The normalized spacial score (nSPS) is 11.1. The molecule has 0 aliphatic carbocycles. The standard InChI is InChI=1S/C22H20ClN3OS/c1-3-12-26-18-7-5-4-6-17(18)24-21(26)19-10-11-20(28-19)22(27)25-16-9-8-15(23)13-14(16)2/h4-11,13H,3,12H2,1-2H3,(H,25,27). The van der Waals surface area contributed by atoms with Crippen molar-refractivity contribution < 1.29 is 4.79 Å². The van der Waals surface area contributed by atoms with Crippen molar-refractivity contribution in [2.75, 3.05) is 5.32 Å². The summed E-state index contributed by atoms with van der Waals surface area (Å²) in [6.07, 6.45) is 1.02. The van der Waals surface area contributed by atoms with Gasteiger partial charge in [-0.25, -0.2) is 4.98 Å². The molecule has 0 fully saturated rings. The van der Waals surface area contributed by atoms with Gasteiger partial charge in [-0.3, -0.25) is 4.79 Å². The van der Waals surface area contributed by atoms with Gasteiger partial charge in [0.25, 0.3) is 5.91 Å². The number of benzene rings is 2. The first-order valence-corrected chi connectivity index (χ1v) is 10.4. The van der Waals surface area contributed by atoms with Crippen LogP contribution in [0.3, 0.4) is 0 Å². The highest BCUT2D eigenvalue weighted by atomic mass is 35.5. The van der Waals surface area contributed by atoms with Crippen LogP contribution >= 0.6 is 22.9 Å². The van der Waals surface area contributed by atoms with Gasteiger partial charge in [0.2, 0.25) is 0 Å². The van der Waals surface area contributed by atoms with Crippen molar-refractivity contribution in [2.45, 2.75) is 26.8 Å². The lowest BCUT2D eigenvalue weighted by molar-refractivity contribution is 0.103. The third kappa shape index (κ3) is 3.55. The molecule has 0 atom stereocenters. The minimum atomic E-state index is -0.125. The third-order valence-electron chi connectivity index (χ3n) is 4.59. The van der Waals surface area contributed by atoms with Crippen molar-refractivity contribution in [1.82, 2.24) is 9.55 Å². The number of imidazole rings is 1. The maximum atomic E-state index is 12.7. The van der Waals surface area contributed by atoms with Crippen molar-refractivity contribution in [2.24, 2.45) is 0 Å². The number of amides is 1. The number of thiophene rings is 1. The molecule has 0 aliphatic heterocycles. The van der Waals surface area contributed by atoms with Crippen molar-refractivity contribution in [1.29, 1.82) is 0 Å². The lowest BCUT2D eigenvalue weighted by atomic mass is 10.2. The predicted octanol–water partition coefficient (Wildman–Crippen LogP) is 6.39. The number of nitrogens with zero attached hydrogens (tertiary/aromatic N) is 2. The zero-order valence-corrected chi connectivity index (χ0v) is 17.3. The fourth-order valence-electron chi connectivity index (χ4n) is 3.24. The van der Waals surface area contributed by atoms with Crippen molar-refractivity contribution in [3.8, 4) is 10.7 Å². The maximum absolute atomic E-state index is 12.7. The number of carbonyl (C=O) groups is 1. The van der Waals surface area contributed by atoms with E-state index in [4.69, 9.17) is 16.6 Å². The Bertz CT molecular complexity index is 1160. The molecule has 1 amide bonds. The summed E-state index contributed by atoms with van der Waals surface area (Å²) in [4.78, 5) is 19.2. The van der Waals surface area contributed by atoms with Gasteiger partial charge in [0, 0.05) is 17.3 Å². The quantitative estimate of drug-likeness (QED) is 0.415. The molecule has 2 heterocycles. The second-order valence-electron chi connectivity index (χ2n) is 6.65. The van der Waals surface area contributed by atoms with Gasteiger partial charge in [-0.2, -0.15) is 0 Å². The molecule has 4 rings (SSSR count). The molecule has 0 saturated carbocycles. The van der Waals surface area contributed by atoms with Crippen LogP contribution in [0.1, 0.15) is 28.6 Å². The number of halogens is 1. The number of aromatic nitrogens is 2. The Labute approximate surface area is 172 Å². The monoisotopic (exact) mass is 409 g/mol. The van der Waals surface area contributed by atoms with E-state index in [9.17, 15) is 4.79 Å². The summed E-state index contributed by atoms with van der Waals surface area (Å²) < 4.78 is 2.23. The van der Waals surface area contributed by atoms with Gasteiger partial charge in [-0.05, 0) is 61.4 Å². The van der Waals surface area contributed by atoms with E-state index in [0.29, 0.717) is 9.90 Å². The highest BCUT2D eigenvalue weighted by Gasteiger charge is 2.17. The van der Waals surface area contributed by atoms with Gasteiger partial charge >= 0.3 is 0 Å². The van der Waals surface area contributed by atoms with Crippen LogP contribution in [0.15, 0.2) is 54.6 Å². The van der Waals surface area contributed by atoms with Crippen LogP contribution in [-0.2, 0) is 6.54 Å². The van der Waals surface area contributed by atoms with Gasteiger partial charge in [0.1, 0.15) is 0 Å². The molecule has 1 N–H and O–H groups in total. The van der Waals surface area contributed by atoms with Gasteiger partial charge in [0.15, 0.2) is 5.82 Å². The van der Waals surface area contributed by atoms with Gasteiger partial charge in [-0.15, -0.1) is 11.3 Å². The average Bonchev–Trinajstić information content (AvgIpc) is 3.30. The van der Waals surface area contributed by atoms with E-state index >= 15 is 0 Å². The predicted molar refractivity (Wildman–Crippen MR) is 117 cm³/mol. The Morgan fingerprint density at radius 3 is 2.79 bits per heavy atom. The number of anilines is 1. The SMILES string of the molecule is CCCn1c(-c2ccc(C(=O)Nc3ccc(Cl)cc3C)s2)nc2ccccc21. The first kappa shape index (κ1) is 18.7. The molecule has 0 saturated heterocycles. The number of aryl methyl sites for hydroxylation is 2. The van der Waals surface area contributed by atoms with Crippen LogP contribution in [0, 0.1) is 6.92 Å². The van der Waals surface area contributed by atoms with Crippen LogP contribution in [0.5, 0.6) is 0 Å². The van der Waals surface area contributed by atoms with E-state index < -0.39 is 0 Å². The molecule has 28 heavy (non-hydrogen) atoms. The molecule has 0 radical (unpaired) electrons. The lowest BCUT2D eigenvalue weighted by Gasteiger charge is -2.07. The Morgan fingerprint density at radius 2 is 2.00 bits per heavy atom. The zero-order chi connectivity index (χ0) is 19.7. The molecule has 0 bridgehead atoms. The van der Waals surface area contributed by atoms with Crippen LogP contribution in [0.4, 0.5) is 5.69 Å². The van der Waals surface area contributed by atoms with E-state index in [0.717, 1.165) is 46.0 Å². The van der Waals surface area contributed by atoms with E-state index in [1.165, 1.54) is 11.3 Å². The number of nitrogens with one attached hydrogen (secondary N) is 1. The highest BCUT2D eigenvalue weighted by Crippen LogP contribution is 2.31. The molecule has 6 heteroatoms. The number of para-hydroxylation sites is 2. The van der Waals surface area contributed by atoms with Crippen molar-refractivity contribution in [3.05, 3.63) is 70.1 Å². The van der Waals surface area contributed by atoms with Crippen LogP contribution in [0.2, 0.25) is 5.02 Å². The van der Waals surface area contributed by atoms with E-state index in [2.05, 4.69) is 22.9 Å². The topological polar surface area (TPSA) is 46.9 Å².